The number of carbonyl (C=O) groups excluding carboxylic acids is 1. The van der Waals surface area contributed by atoms with Gasteiger partial charge in [0.2, 0.25) is 0 Å². The molecule has 0 spiro atoms. The van der Waals surface area contributed by atoms with Gasteiger partial charge in [0.1, 0.15) is 28.3 Å². The average molecular weight is 843 g/mol. The van der Waals surface area contributed by atoms with Crippen LogP contribution in [0.3, 0.4) is 0 Å². The van der Waals surface area contributed by atoms with E-state index < -0.39 is 0 Å². The Bertz CT molecular complexity index is 2100. The van der Waals surface area contributed by atoms with Crippen LogP contribution in [0.1, 0.15) is 99.3 Å². The molecule has 2 aromatic carbocycles. The van der Waals surface area contributed by atoms with Gasteiger partial charge in [0.15, 0.2) is 5.78 Å². The van der Waals surface area contributed by atoms with E-state index in [1.807, 2.05) is 66.8 Å². The zero-order valence-corrected chi connectivity index (χ0v) is 33.1. The molecule has 0 aliphatic carbocycles. The first-order valence-corrected chi connectivity index (χ1v) is 17.7. The summed E-state index contributed by atoms with van der Waals surface area (Å²) in [4.78, 5) is 17.0. The van der Waals surface area contributed by atoms with Crippen LogP contribution in [0.15, 0.2) is 68.6 Å². The van der Waals surface area contributed by atoms with Gasteiger partial charge in [-0.3, -0.25) is 9.78 Å². The maximum absolute atomic E-state index is 12.2. The largest absolute Gasteiger partial charge is 0.512 e. The van der Waals surface area contributed by atoms with Crippen LogP contribution in [0, 0.1) is 23.8 Å². The number of rotatable bonds is 8. The van der Waals surface area contributed by atoms with Crippen LogP contribution in [0.25, 0.3) is 54.3 Å². The summed E-state index contributed by atoms with van der Waals surface area (Å²) in [5.41, 5.74) is 5.14. The van der Waals surface area contributed by atoms with Gasteiger partial charge in [-0.1, -0.05) is 73.4 Å². The minimum atomic E-state index is -0.337. The number of pyridine rings is 1. The predicted octanol–water partition coefficient (Wildman–Crippen LogP) is 12.7. The molecule has 5 nitrogen and oxygen atoms in total. The van der Waals surface area contributed by atoms with Crippen molar-refractivity contribution in [3.8, 4) is 11.3 Å². The van der Waals surface area contributed by atoms with Gasteiger partial charge in [0, 0.05) is 71.1 Å². The quantitative estimate of drug-likeness (QED) is 0.0938. The first-order valence-electron chi connectivity index (χ1n) is 16.8. The van der Waals surface area contributed by atoms with Crippen LogP contribution in [0.5, 0.6) is 0 Å². The smallest absolute Gasteiger partial charge is 0.164 e. The Kier molecular flexibility index (Phi) is 11.2. The average Bonchev–Trinajstić information content (AvgIpc) is 3.77. The first-order chi connectivity index (χ1) is 22.2. The summed E-state index contributed by atoms with van der Waals surface area (Å²) in [6.07, 6.45) is 6.57. The number of ketones is 1. The van der Waals surface area contributed by atoms with Crippen LogP contribution in [0.2, 0.25) is 0 Å². The maximum atomic E-state index is 12.2. The molecule has 1 radical (unpaired) electrons. The van der Waals surface area contributed by atoms with E-state index in [2.05, 4.69) is 56.5 Å². The summed E-state index contributed by atoms with van der Waals surface area (Å²) in [7, 11) is 0. The molecule has 1 N–H and O–H groups in total. The van der Waals surface area contributed by atoms with Crippen molar-refractivity contribution >= 4 is 60.1 Å². The minimum absolute atomic E-state index is 0. The number of carbonyl (C=O) groups is 1. The molecule has 0 aliphatic heterocycles. The number of aliphatic hydroxyl groups excluding tert-OH is 1. The summed E-state index contributed by atoms with van der Waals surface area (Å²) in [5.74, 6) is 1.18. The molecule has 6 aromatic rings. The number of thiophene rings is 1. The van der Waals surface area contributed by atoms with E-state index in [0.717, 1.165) is 81.0 Å². The van der Waals surface area contributed by atoms with Gasteiger partial charge in [0.05, 0.1) is 0 Å². The molecular formula is C41H48IrNO4S-. The zero-order valence-electron chi connectivity index (χ0n) is 29.9. The second-order valence-corrected chi connectivity index (χ2v) is 15.2. The van der Waals surface area contributed by atoms with E-state index in [4.69, 9.17) is 13.8 Å². The Balaban J connectivity index is 0.000000251. The molecule has 0 amide bonds. The Hall–Kier alpha value is -3.25. The van der Waals surface area contributed by atoms with E-state index in [9.17, 15) is 9.90 Å². The van der Waals surface area contributed by atoms with Crippen molar-refractivity contribution in [2.75, 3.05) is 0 Å². The van der Waals surface area contributed by atoms with Crippen molar-refractivity contribution in [3.05, 3.63) is 77.2 Å². The molecule has 0 saturated heterocycles. The van der Waals surface area contributed by atoms with E-state index in [1.165, 1.54) is 16.3 Å². The fraction of sp³-hybridized carbons (Fsp3) is 0.415. The number of aliphatic hydroxyl groups is 1. The Morgan fingerprint density at radius 1 is 0.896 bits per heavy atom. The van der Waals surface area contributed by atoms with Gasteiger partial charge >= 0.3 is 0 Å². The number of aryl methyl sites for hydroxylation is 1. The molecule has 257 valence electrons. The summed E-state index contributed by atoms with van der Waals surface area (Å²) in [5, 5.41) is 16.6. The summed E-state index contributed by atoms with van der Waals surface area (Å²) in [6.45, 7) is 20.8. The Morgan fingerprint density at radius 2 is 1.56 bits per heavy atom. The van der Waals surface area contributed by atoms with Crippen molar-refractivity contribution in [2.24, 2.45) is 10.8 Å². The standard InChI is InChI=1S/C26H20NO2S.C15H28O2.Ir/c1-14-9-16-11-18-22(13-21(16)28-14)29-20-5-7-27-24(23(18)20)17-10-15-6-8-30-25(15)19(12-17)26(2,3)4;1-7-14(5,8-2)12(16)11-13(17)15(6,9-3)10-4;/h5-9,11-13H,1-4H3;11,16H,7-10H2,1-6H3;/q-1;;/b;12-11-;. The van der Waals surface area contributed by atoms with Gasteiger partial charge in [-0.25, -0.2) is 0 Å². The fourth-order valence-corrected chi connectivity index (χ4v) is 7.05. The third kappa shape index (κ3) is 7.06. The topological polar surface area (TPSA) is 76.5 Å². The predicted molar refractivity (Wildman–Crippen MR) is 197 cm³/mol. The van der Waals surface area contributed by atoms with Gasteiger partial charge < -0.3 is 13.9 Å². The molecule has 0 unspecified atom stereocenters. The Labute approximate surface area is 302 Å². The van der Waals surface area contributed by atoms with E-state index in [1.54, 1.807) is 11.3 Å². The van der Waals surface area contributed by atoms with Crippen molar-refractivity contribution in [1.29, 1.82) is 0 Å². The molecule has 48 heavy (non-hydrogen) atoms. The van der Waals surface area contributed by atoms with Crippen LogP contribution in [-0.2, 0) is 30.3 Å². The van der Waals surface area contributed by atoms with Crippen LogP contribution in [-0.4, -0.2) is 15.9 Å². The third-order valence-electron chi connectivity index (χ3n) is 10.3. The fourth-order valence-electron chi connectivity index (χ4n) is 5.97. The SMILES string of the molecule is CCC(C)(CC)C(=O)/C=C(\O)C(C)(CC)CC.Cc1cc2cc3c(cc2o1)oc1ccnc(-c2[c-]c4ccsc4c(C(C)(C)C)c2)c13.[Ir]. The number of hydrogen-bond donors (Lipinski definition) is 1. The molecule has 4 aromatic heterocycles. The molecule has 0 bridgehead atoms. The molecule has 0 aliphatic rings. The molecule has 6 rings (SSSR count). The van der Waals surface area contributed by atoms with Gasteiger partial charge in [-0.2, -0.15) is 11.3 Å². The molecule has 0 saturated carbocycles. The summed E-state index contributed by atoms with van der Waals surface area (Å²) < 4.78 is 13.3. The van der Waals surface area contributed by atoms with Crippen molar-refractivity contribution < 1.29 is 38.8 Å². The number of fused-ring (bicyclic) bond motifs is 5. The first kappa shape index (κ1) is 37.6. The van der Waals surface area contributed by atoms with E-state index in [0.29, 0.717) is 0 Å². The number of benzene rings is 2. The van der Waals surface area contributed by atoms with Crippen molar-refractivity contribution in [2.45, 2.75) is 100 Å². The number of hydrogen-bond acceptors (Lipinski definition) is 6. The van der Waals surface area contributed by atoms with Crippen molar-refractivity contribution in [1.82, 2.24) is 4.98 Å². The van der Waals surface area contributed by atoms with Crippen molar-refractivity contribution in [3.63, 3.8) is 0 Å². The number of nitrogens with zero attached hydrogens (tertiary/aromatic N) is 1. The molecule has 7 heteroatoms. The van der Waals surface area contributed by atoms with Crippen LogP contribution in [0.4, 0.5) is 0 Å². The van der Waals surface area contributed by atoms with Gasteiger partial charge in [-0.15, -0.1) is 23.6 Å². The van der Waals surface area contributed by atoms with Gasteiger partial charge in [-0.05, 0) is 66.3 Å². The molecule has 4 heterocycles. The normalized spacial score (nSPS) is 12.8. The summed E-state index contributed by atoms with van der Waals surface area (Å²) >= 11 is 1.78. The number of aromatic nitrogens is 1. The van der Waals surface area contributed by atoms with Crippen LogP contribution >= 0.6 is 11.3 Å². The number of furan rings is 2. The molecule has 0 atom stereocenters. The molecular weight excluding hydrogens is 795 g/mol. The van der Waals surface area contributed by atoms with Crippen LogP contribution < -0.4 is 0 Å². The third-order valence-corrected chi connectivity index (χ3v) is 11.2. The zero-order chi connectivity index (χ0) is 34.3. The maximum Gasteiger partial charge on any atom is 0.164 e. The van der Waals surface area contributed by atoms with Gasteiger partial charge in [0.25, 0.3) is 0 Å². The second-order valence-electron chi connectivity index (χ2n) is 14.3. The Morgan fingerprint density at radius 3 is 2.19 bits per heavy atom. The van der Waals surface area contributed by atoms with E-state index >= 15 is 0 Å². The number of allylic oxidation sites excluding steroid dienone is 2. The van der Waals surface area contributed by atoms with E-state index in [-0.39, 0.29) is 47.9 Å². The summed E-state index contributed by atoms with van der Waals surface area (Å²) in [6, 6.07) is 16.1. The second kappa shape index (κ2) is 14.3. The molecule has 0 fully saturated rings. The monoisotopic (exact) mass is 843 g/mol. The minimum Gasteiger partial charge on any atom is -0.512 e.